The highest BCUT2D eigenvalue weighted by Crippen LogP contribution is 2.18. The van der Waals surface area contributed by atoms with E-state index >= 15 is 0 Å². The van der Waals surface area contributed by atoms with E-state index in [1.807, 2.05) is 0 Å². The highest BCUT2D eigenvalue weighted by Gasteiger charge is 2.19. The van der Waals surface area contributed by atoms with Crippen LogP contribution in [0.4, 0.5) is 0 Å². The monoisotopic (exact) mass is 1160 g/mol. The molecular weight excluding hydrogens is 1020 g/mol. The Labute approximate surface area is 517 Å². The van der Waals surface area contributed by atoms with Gasteiger partial charge >= 0.3 is 17.9 Å². The highest BCUT2D eigenvalue weighted by atomic mass is 16.6. The Balaban J connectivity index is 4.13. The summed E-state index contributed by atoms with van der Waals surface area (Å²) < 4.78 is 17.0. The molecule has 0 radical (unpaired) electrons. The van der Waals surface area contributed by atoms with E-state index in [0.29, 0.717) is 19.3 Å². The number of allylic oxidation sites excluding steroid dienone is 10. The summed E-state index contributed by atoms with van der Waals surface area (Å²) in [6.07, 6.45) is 92.7. The minimum atomic E-state index is -0.779. The standard InChI is InChI=1S/C77H140O6/c1-4-7-10-13-16-19-22-24-26-28-30-32-33-34-35-36-37-38-39-40-41-42-43-45-46-48-50-52-55-58-61-64-67-70-76(79)82-73-74(72-81-75(78)69-66-63-60-57-54-21-18-15-12-9-6-3)83-77(80)71-68-65-62-59-56-53-51-49-47-44-31-29-27-25-23-20-17-14-11-8-5-2/h22-25,28-31,47,49,74H,4-21,26-27,32-46,48,50-73H2,1-3H3/b24-22-,25-23-,30-28-,31-29-,49-47-. The normalized spacial score (nSPS) is 12.4. The summed E-state index contributed by atoms with van der Waals surface area (Å²) in [4.78, 5) is 38.4. The minimum Gasteiger partial charge on any atom is -0.462 e. The number of ether oxygens (including phenoxy) is 3. The molecule has 0 spiro atoms. The minimum absolute atomic E-state index is 0.0745. The SMILES string of the molecule is CCCCCCC/C=C\C/C=C\C/C=C\CCCCCCCCC(=O)OC(COC(=O)CCCCCCCCCCCCC)COC(=O)CCCCCCCCCCCCCCCCCCCCCCC/C=C\C/C=C\CCCCCCC. The van der Waals surface area contributed by atoms with Crippen LogP contribution in [0.5, 0.6) is 0 Å². The predicted molar refractivity (Wildman–Crippen MR) is 362 cm³/mol. The first kappa shape index (κ1) is 80.1. The maximum Gasteiger partial charge on any atom is 0.306 e. The van der Waals surface area contributed by atoms with Crippen LogP contribution in [0.15, 0.2) is 60.8 Å². The molecule has 0 aliphatic rings. The molecule has 0 saturated heterocycles. The topological polar surface area (TPSA) is 78.9 Å². The molecule has 0 aromatic rings. The van der Waals surface area contributed by atoms with Gasteiger partial charge in [-0.25, -0.2) is 0 Å². The first-order valence-electron chi connectivity index (χ1n) is 36.8. The number of unbranched alkanes of at least 4 members (excludes halogenated alkanes) is 47. The van der Waals surface area contributed by atoms with Crippen LogP contribution in [0, 0.1) is 0 Å². The summed E-state index contributed by atoms with van der Waals surface area (Å²) in [5.41, 5.74) is 0. The Morgan fingerprint density at radius 3 is 0.675 bits per heavy atom. The molecule has 0 rings (SSSR count). The third-order valence-corrected chi connectivity index (χ3v) is 16.5. The quantitative estimate of drug-likeness (QED) is 0.0261. The van der Waals surface area contributed by atoms with Gasteiger partial charge in [0.2, 0.25) is 0 Å². The van der Waals surface area contributed by atoms with E-state index in [1.165, 1.54) is 270 Å². The lowest BCUT2D eigenvalue weighted by Gasteiger charge is -2.18. The molecule has 0 aromatic heterocycles. The van der Waals surface area contributed by atoms with Gasteiger partial charge in [-0.05, 0) is 89.9 Å². The zero-order valence-electron chi connectivity index (χ0n) is 55.7. The number of carbonyl (C=O) groups excluding carboxylic acids is 3. The number of carbonyl (C=O) groups is 3. The molecule has 0 saturated carbocycles. The van der Waals surface area contributed by atoms with Gasteiger partial charge in [0.25, 0.3) is 0 Å². The second-order valence-corrected chi connectivity index (χ2v) is 24.9. The Bertz CT molecular complexity index is 1470. The molecule has 0 aromatic carbocycles. The van der Waals surface area contributed by atoms with Crippen molar-refractivity contribution in [1.82, 2.24) is 0 Å². The number of esters is 3. The van der Waals surface area contributed by atoms with Gasteiger partial charge in [-0.1, -0.05) is 345 Å². The molecule has 0 amide bonds. The Morgan fingerprint density at radius 2 is 0.434 bits per heavy atom. The van der Waals surface area contributed by atoms with E-state index < -0.39 is 6.10 Å². The van der Waals surface area contributed by atoms with Crippen LogP contribution >= 0.6 is 0 Å². The molecule has 1 atom stereocenters. The molecular formula is C77H140O6. The van der Waals surface area contributed by atoms with Crippen LogP contribution < -0.4 is 0 Å². The van der Waals surface area contributed by atoms with Crippen molar-refractivity contribution in [3.05, 3.63) is 60.8 Å². The van der Waals surface area contributed by atoms with Crippen molar-refractivity contribution in [2.45, 2.75) is 399 Å². The van der Waals surface area contributed by atoms with E-state index in [-0.39, 0.29) is 31.1 Å². The van der Waals surface area contributed by atoms with Crippen LogP contribution in [0.2, 0.25) is 0 Å². The summed E-state index contributed by atoms with van der Waals surface area (Å²) >= 11 is 0. The molecule has 0 aliphatic heterocycles. The molecule has 0 fully saturated rings. The van der Waals surface area contributed by atoms with Crippen molar-refractivity contribution in [2.75, 3.05) is 13.2 Å². The van der Waals surface area contributed by atoms with Crippen LogP contribution in [0.1, 0.15) is 393 Å². The van der Waals surface area contributed by atoms with Crippen LogP contribution in [-0.2, 0) is 28.6 Å². The second-order valence-electron chi connectivity index (χ2n) is 24.9. The summed E-state index contributed by atoms with van der Waals surface area (Å²) in [7, 11) is 0. The molecule has 484 valence electrons. The zero-order chi connectivity index (χ0) is 59.9. The van der Waals surface area contributed by atoms with Crippen molar-refractivity contribution < 1.29 is 28.6 Å². The smallest absolute Gasteiger partial charge is 0.306 e. The van der Waals surface area contributed by atoms with Crippen molar-refractivity contribution in [3.63, 3.8) is 0 Å². The molecule has 0 aliphatic carbocycles. The van der Waals surface area contributed by atoms with Crippen LogP contribution in [0.3, 0.4) is 0 Å². The van der Waals surface area contributed by atoms with Crippen LogP contribution in [0.25, 0.3) is 0 Å². The summed E-state index contributed by atoms with van der Waals surface area (Å²) in [6.45, 7) is 6.66. The fraction of sp³-hybridized carbons (Fsp3) is 0.831. The average Bonchev–Trinajstić information content (AvgIpc) is 3.48. The van der Waals surface area contributed by atoms with Crippen molar-refractivity contribution in [1.29, 1.82) is 0 Å². The first-order chi connectivity index (χ1) is 41.0. The first-order valence-corrected chi connectivity index (χ1v) is 36.8. The molecule has 1 unspecified atom stereocenters. The molecule has 0 N–H and O–H groups in total. The summed E-state index contributed by atoms with van der Waals surface area (Å²) in [5, 5.41) is 0. The van der Waals surface area contributed by atoms with Gasteiger partial charge in [-0.15, -0.1) is 0 Å². The van der Waals surface area contributed by atoms with Gasteiger partial charge in [0, 0.05) is 19.3 Å². The maximum atomic E-state index is 12.9. The van der Waals surface area contributed by atoms with Gasteiger partial charge in [-0.3, -0.25) is 14.4 Å². The lowest BCUT2D eigenvalue weighted by Crippen LogP contribution is -2.30. The fourth-order valence-corrected chi connectivity index (χ4v) is 11.0. The van der Waals surface area contributed by atoms with Gasteiger partial charge in [-0.2, -0.15) is 0 Å². The Morgan fingerprint density at radius 1 is 0.241 bits per heavy atom. The zero-order valence-corrected chi connectivity index (χ0v) is 55.7. The molecule has 6 nitrogen and oxygen atoms in total. The molecule has 0 bridgehead atoms. The van der Waals surface area contributed by atoms with Crippen molar-refractivity contribution >= 4 is 17.9 Å². The number of hydrogen-bond acceptors (Lipinski definition) is 6. The van der Waals surface area contributed by atoms with Gasteiger partial charge in [0.05, 0.1) is 0 Å². The molecule has 0 heterocycles. The summed E-state index contributed by atoms with van der Waals surface area (Å²) in [6, 6.07) is 0. The predicted octanol–water partition coefficient (Wildman–Crippen LogP) is 25.5. The lowest BCUT2D eigenvalue weighted by atomic mass is 10.0. The second kappa shape index (κ2) is 71.6. The third-order valence-electron chi connectivity index (χ3n) is 16.5. The lowest BCUT2D eigenvalue weighted by molar-refractivity contribution is -0.167. The van der Waals surface area contributed by atoms with Gasteiger partial charge in [0.15, 0.2) is 6.10 Å². The van der Waals surface area contributed by atoms with E-state index in [2.05, 4.69) is 81.5 Å². The largest absolute Gasteiger partial charge is 0.462 e. The van der Waals surface area contributed by atoms with Crippen molar-refractivity contribution in [2.24, 2.45) is 0 Å². The average molecular weight is 1160 g/mol. The van der Waals surface area contributed by atoms with Gasteiger partial charge < -0.3 is 14.2 Å². The Kier molecular flexibility index (Phi) is 69.1. The number of hydrogen-bond donors (Lipinski definition) is 0. The number of rotatable bonds is 68. The van der Waals surface area contributed by atoms with Crippen LogP contribution in [-0.4, -0.2) is 37.2 Å². The van der Waals surface area contributed by atoms with E-state index in [0.717, 1.165) is 83.5 Å². The highest BCUT2D eigenvalue weighted by molar-refractivity contribution is 5.71. The van der Waals surface area contributed by atoms with E-state index in [1.54, 1.807) is 0 Å². The van der Waals surface area contributed by atoms with E-state index in [9.17, 15) is 14.4 Å². The molecule has 6 heteroatoms. The fourth-order valence-electron chi connectivity index (χ4n) is 11.0. The Hall–Kier alpha value is -2.89. The third kappa shape index (κ3) is 69.8. The summed E-state index contributed by atoms with van der Waals surface area (Å²) in [5.74, 6) is -0.864. The van der Waals surface area contributed by atoms with Gasteiger partial charge in [0.1, 0.15) is 13.2 Å². The maximum absolute atomic E-state index is 12.9. The van der Waals surface area contributed by atoms with E-state index in [4.69, 9.17) is 14.2 Å². The van der Waals surface area contributed by atoms with Crippen molar-refractivity contribution in [3.8, 4) is 0 Å². The molecule has 83 heavy (non-hydrogen) atoms.